The van der Waals surface area contributed by atoms with Gasteiger partial charge in [0.2, 0.25) is 5.95 Å². The second-order valence-corrected chi connectivity index (χ2v) is 3.56. The predicted octanol–water partition coefficient (Wildman–Crippen LogP) is 3.77. The molecule has 0 bridgehead atoms. The van der Waals surface area contributed by atoms with E-state index in [0.717, 1.165) is 0 Å². The summed E-state index contributed by atoms with van der Waals surface area (Å²) in [5, 5.41) is 0. The van der Waals surface area contributed by atoms with Crippen LogP contribution in [0.2, 0.25) is 0 Å². The normalized spacial score (nSPS) is 10.4. The molecule has 1 aromatic heterocycles. The van der Waals surface area contributed by atoms with E-state index in [1.807, 2.05) is 0 Å². The fourth-order valence-electron chi connectivity index (χ4n) is 1.37. The van der Waals surface area contributed by atoms with E-state index in [1.54, 1.807) is 24.3 Å². The molecule has 82 valence electrons. The Morgan fingerprint density at radius 2 is 1.94 bits per heavy atom. The molecule has 2 rings (SSSR count). The van der Waals surface area contributed by atoms with Gasteiger partial charge in [-0.25, -0.2) is 9.37 Å². The first-order valence-corrected chi connectivity index (χ1v) is 5.21. The van der Waals surface area contributed by atoms with Crippen LogP contribution in [0.3, 0.4) is 0 Å². The van der Waals surface area contributed by atoms with Crippen molar-refractivity contribution in [2.24, 2.45) is 0 Å². The van der Waals surface area contributed by atoms with E-state index in [4.69, 9.17) is 11.6 Å². The minimum absolute atomic E-state index is 0.0717. The lowest BCUT2D eigenvalue weighted by atomic mass is 10.1. The Kier molecular flexibility index (Phi) is 3.15. The third kappa shape index (κ3) is 2.19. The molecule has 4 heteroatoms. The van der Waals surface area contributed by atoms with Gasteiger partial charge >= 0.3 is 0 Å². The zero-order valence-electron chi connectivity index (χ0n) is 8.25. The minimum atomic E-state index is -0.614. The summed E-state index contributed by atoms with van der Waals surface area (Å²) in [4.78, 5) is 3.74. The first kappa shape index (κ1) is 11.0. The fraction of sp³-hybridized carbons (Fsp3) is 0.0833. The first-order valence-electron chi connectivity index (χ1n) is 4.68. The van der Waals surface area contributed by atoms with Crippen LogP contribution >= 0.6 is 11.6 Å². The monoisotopic (exact) mass is 239 g/mol. The smallest absolute Gasteiger partial charge is 0.217 e. The topological polar surface area (TPSA) is 12.9 Å². The van der Waals surface area contributed by atoms with Crippen molar-refractivity contribution in [2.45, 2.75) is 5.88 Å². The Morgan fingerprint density at radius 1 is 1.12 bits per heavy atom. The lowest BCUT2D eigenvalue weighted by Gasteiger charge is -2.03. The summed E-state index contributed by atoms with van der Waals surface area (Å²) in [6, 6.07) is 9.03. The SMILES string of the molecule is Fc1cccc(-c2ccc(CCl)c(F)n2)c1. The maximum atomic E-state index is 13.3. The molecule has 1 aromatic carbocycles. The van der Waals surface area contributed by atoms with E-state index < -0.39 is 5.95 Å². The summed E-state index contributed by atoms with van der Waals surface area (Å²) in [7, 11) is 0. The van der Waals surface area contributed by atoms with Crippen LogP contribution in [0.4, 0.5) is 8.78 Å². The van der Waals surface area contributed by atoms with E-state index in [9.17, 15) is 8.78 Å². The summed E-state index contributed by atoms with van der Waals surface area (Å²) in [6.07, 6.45) is 0. The Balaban J connectivity index is 2.45. The zero-order valence-corrected chi connectivity index (χ0v) is 9.01. The minimum Gasteiger partial charge on any atom is -0.219 e. The van der Waals surface area contributed by atoms with Crippen LogP contribution in [0.15, 0.2) is 36.4 Å². The molecule has 0 aliphatic heterocycles. The first-order chi connectivity index (χ1) is 7.70. The average Bonchev–Trinajstić information content (AvgIpc) is 2.29. The second kappa shape index (κ2) is 4.58. The molecule has 0 radical (unpaired) electrons. The van der Waals surface area contributed by atoms with E-state index in [0.29, 0.717) is 16.8 Å². The molecule has 0 saturated heterocycles. The van der Waals surface area contributed by atoms with Crippen molar-refractivity contribution in [1.82, 2.24) is 4.98 Å². The number of benzene rings is 1. The molecular weight excluding hydrogens is 232 g/mol. The van der Waals surface area contributed by atoms with Crippen molar-refractivity contribution in [1.29, 1.82) is 0 Å². The van der Waals surface area contributed by atoms with E-state index >= 15 is 0 Å². The molecule has 0 aliphatic carbocycles. The van der Waals surface area contributed by atoms with Gasteiger partial charge in [0.1, 0.15) is 5.82 Å². The van der Waals surface area contributed by atoms with E-state index in [1.165, 1.54) is 12.1 Å². The number of hydrogen-bond acceptors (Lipinski definition) is 1. The van der Waals surface area contributed by atoms with Gasteiger partial charge in [0.15, 0.2) is 0 Å². The largest absolute Gasteiger partial charge is 0.219 e. The number of nitrogens with zero attached hydrogens (tertiary/aromatic N) is 1. The quantitative estimate of drug-likeness (QED) is 0.574. The maximum absolute atomic E-state index is 13.3. The van der Waals surface area contributed by atoms with Gasteiger partial charge in [-0.1, -0.05) is 18.2 Å². The van der Waals surface area contributed by atoms with Gasteiger partial charge in [0, 0.05) is 11.1 Å². The summed E-state index contributed by atoms with van der Waals surface area (Å²) in [5.41, 5.74) is 1.27. The molecule has 0 atom stereocenters. The summed E-state index contributed by atoms with van der Waals surface area (Å²) in [5.74, 6) is -0.916. The van der Waals surface area contributed by atoms with Crippen molar-refractivity contribution < 1.29 is 8.78 Å². The van der Waals surface area contributed by atoms with Crippen LogP contribution in [0.1, 0.15) is 5.56 Å². The van der Waals surface area contributed by atoms with Crippen LogP contribution in [-0.4, -0.2) is 4.98 Å². The van der Waals surface area contributed by atoms with Crippen molar-refractivity contribution in [3.63, 3.8) is 0 Å². The van der Waals surface area contributed by atoms with Gasteiger partial charge < -0.3 is 0 Å². The molecule has 16 heavy (non-hydrogen) atoms. The van der Waals surface area contributed by atoms with Crippen LogP contribution < -0.4 is 0 Å². The molecule has 0 spiro atoms. The highest BCUT2D eigenvalue weighted by molar-refractivity contribution is 6.17. The van der Waals surface area contributed by atoms with E-state index in [-0.39, 0.29) is 11.7 Å². The molecule has 1 heterocycles. The summed E-state index contributed by atoms with van der Waals surface area (Å²) in [6.45, 7) is 0. The Labute approximate surface area is 96.7 Å². The lowest BCUT2D eigenvalue weighted by molar-refractivity contribution is 0.574. The van der Waals surface area contributed by atoms with Crippen LogP contribution in [0, 0.1) is 11.8 Å². The number of pyridine rings is 1. The van der Waals surface area contributed by atoms with Crippen molar-refractivity contribution in [3.05, 3.63) is 53.7 Å². The summed E-state index contributed by atoms with van der Waals surface area (Å²) < 4.78 is 26.3. The lowest BCUT2D eigenvalue weighted by Crippen LogP contribution is -1.93. The molecule has 0 N–H and O–H groups in total. The van der Waals surface area contributed by atoms with Gasteiger partial charge in [-0.05, 0) is 18.2 Å². The van der Waals surface area contributed by atoms with Crippen LogP contribution in [0.5, 0.6) is 0 Å². The van der Waals surface area contributed by atoms with E-state index in [2.05, 4.69) is 4.98 Å². The van der Waals surface area contributed by atoms with Crippen molar-refractivity contribution >= 4 is 11.6 Å². The molecule has 0 amide bonds. The van der Waals surface area contributed by atoms with Gasteiger partial charge in [-0.3, -0.25) is 0 Å². The maximum Gasteiger partial charge on any atom is 0.217 e. The Morgan fingerprint density at radius 3 is 2.56 bits per heavy atom. The van der Waals surface area contributed by atoms with Gasteiger partial charge in [0.05, 0.1) is 11.6 Å². The average molecular weight is 240 g/mol. The van der Waals surface area contributed by atoms with Crippen LogP contribution in [0.25, 0.3) is 11.3 Å². The highest BCUT2D eigenvalue weighted by Crippen LogP contribution is 2.20. The molecular formula is C12H8ClF2N. The number of rotatable bonds is 2. The zero-order chi connectivity index (χ0) is 11.5. The standard InChI is InChI=1S/C12H8ClF2N/c13-7-9-4-5-11(16-12(9)15)8-2-1-3-10(14)6-8/h1-6H,7H2. The Hall–Kier alpha value is -1.48. The van der Waals surface area contributed by atoms with Gasteiger partial charge in [-0.15, -0.1) is 11.6 Å². The fourth-order valence-corrected chi connectivity index (χ4v) is 1.57. The highest BCUT2D eigenvalue weighted by Gasteiger charge is 2.06. The van der Waals surface area contributed by atoms with Crippen LogP contribution in [-0.2, 0) is 5.88 Å². The number of hydrogen-bond donors (Lipinski definition) is 0. The molecule has 0 saturated carbocycles. The van der Waals surface area contributed by atoms with Gasteiger partial charge in [0.25, 0.3) is 0 Å². The number of alkyl halides is 1. The Bertz CT molecular complexity index is 514. The van der Waals surface area contributed by atoms with Crippen molar-refractivity contribution in [2.75, 3.05) is 0 Å². The third-order valence-corrected chi connectivity index (χ3v) is 2.48. The molecule has 0 fully saturated rings. The predicted molar refractivity (Wildman–Crippen MR) is 59.1 cm³/mol. The number of halogens is 3. The summed E-state index contributed by atoms with van der Waals surface area (Å²) >= 11 is 5.52. The molecule has 0 unspecified atom stereocenters. The molecule has 2 aromatic rings. The molecule has 0 aliphatic rings. The molecule has 1 nitrogen and oxygen atoms in total. The highest BCUT2D eigenvalue weighted by atomic mass is 35.5. The van der Waals surface area contributed by atoms with Crippen molar-refractivity contribution in [3.8, 4) is 11.3 Å². The second-order valence-electron chi connectivity index (χ2n) is 3.29. The number of aromatic nitrogens is 1. The van der Waals surface area contributed by atoms with Gasteiger partial charge in [-0.2, -0.15) is 4.39 Å². The third-order valence-electron chi connectivity index (χ3n) is 2.19.